The van der Waals surface area contributed by atoms with Crippen molar-refractivity contribution >= 4 is 0 Å². The highest BCUT2D eigenvalue weighted by Crippen LogP contribution is 2.38. The van der Waals surface area contributed by atoms with Crippen LogP contribution >= 0.6 is 0 Å². The minimum atomic E-state index is -0.799. The molecular weight excluding hydrogens is 244 g/mol. The number of hydrogen-bond acceptors (Lipinski definition) is 1. The second-order valence-electron chi connectivity index (χ2n) is 5.74. The fraction of sp³-hybridized carbons (Fsp3) is 0.625. The maximum Gasteiger partial charge on any atom is 0.163 e. The van der Waals surface area contributed by atoms with Crippen molar-refractivity contribution in [3.05, 3.63) is 35.4 Å². The summed E-state index contributed by atoms with van der Waals surface area (Å²) in [6, 6.07) is 3.92. The molecule has 106 valence electrons. The third-order valence-corrected chi connectivity index (χ3v) is 4.44. The molecule has 1 nitrogen and oxygen atoms in total. The third-order valence-electron chi connectivity index (χ3n) is 4.44. The van der Waals surface area contributed by atoms with Crippen molar-refractivity contribution in [2.24, 2.45) is 17.6 Å². The van der Waals surface area contributed by atoms with Gasteiger partial charge in [-0.3, -0.25) is 0 Å². The van der Waals surface area contributed by atoms with Gasteiger partial charge in [0.05, 0.1) is 0 Å². The molecule has 0 spiro atoms. The van der Waals surface area contributed by atoms with Crippen LogP contribution in [0.25, 0.3) is 0 Å². The Morgan fingerprint density at radius 1 is 1.21 bits per heavy atom. The Hall–Kier alpha value is -0.960. The zero-order chi connectivity index (χ0) is 13.8. The van der Waals surface area contributed by atoms with Gasteiger partial charge in [-0.15, -0.1) is 0 Å². The largest absolute Gasteiger partial charge is 0.324 e. The summed E-state index contributed by atoms with van der Waals surface area (Å²) in [5, 5.41) is 0. The number of rotatable bonds is 4. The van der Waals surface area contributed by atoms with E-state index < -0.39 is 11.6 Å². The van der Waals surface area contributed by atoms with Crippen LogP contribution in [0.4, 0.5) is 8.78 Å². The monoisotopic (exact) mass is 267 g/mol. The maximum atomic E-state index is 13.7. The molecule has 1 saturated carbocycles. The van der Waals surface area contributed by atoms with Crippen molar-refractivity contribution in [2.45, 2.75) is 51.5 Å². The Bertz CT molecular complexity index is 411. The summed E-state index contributed by atoms with van der Waals surface area (Å²) in [6.45, 7) is 2.21. The highest BCUT2D eigenvalue weighted by atomic mass is 19.2. The Morgan fingerprint density at radius 3 is 2.53 bits per heavy atom. The smallest absolute Gasteiger partial charge is 0.163 e. The SMILES string of the molecule is CCCC1CCC(C(N)c2cccc(F)c2F)CC1. The van der Waals surface area contributed by atoms with Gasteiger partial charge in [0.2, 0.25) is 0 Å². The average molecular weight is 267 g/mol. The molecule has 0 aromatic heterocycles. The Balaban J connectivity index is 2.01. The molecule has 1 aliphatic rings. The van der Waals surface area contributed by atoms with Gasteiger partial charge in [-0.05, 0) is 30.7 Å². The third kappa shape index (κ3) is 3.33. The van der Waals surface area contributed by atoms with Crippen molar-refractivity contribution in [1.29, 1.82) is 0 Å². The van der Waals surface area contributed by atoms with Gasteiger partial charge in [0, 0.05) is 11.6 Å². The van der Waals surface area contributed by atoms with E-state index in [1.165, 1.54) is 31.7 Å². The van der Waals surface area contributed by atoms with Crippen molar-refractivity contribution in [3.63, 3.8) is 0 Å². The van der Waals surface area contributed by atoms with Crippen LogP contribution in [0.1, 0.15) is 57.1 Å². The molecule has 1 aliphatic carbocycles. The number of hydrogen-bond donors (Lipinski definition) is 1. The van der Waals surface area contributed by atoms with Gasteiger partial charge in [0.1, 0.15) is 0 Å². The van der Waals surface area contributed by atoms with Gasteiger partial charge >= 0.3 is 0 Å². The zero-order valence-electron chi connectivity index (χ0n) is 11.5. The van der Waals surface area contributed by atoms with Crippen LogP contribution in [0, 0.1) is 23.5 Å². The summed E-state index contributed by atoms with van der Waals surface area (Å²) in [5.41, 5.74) is 6.48. The van der Waals surface area contributed by atoms with Gasteiger partial charge in [-0.1, -0.05) is 44.7 Å². The van der Waals surface area contributed by atoms with E-state index >= 15 is 0 Å². The summed E-state index contributed by atoms with van der Waals surface area (Å²) in [5.74, 6) is -0.492. The van der Waals surface area contributed by atoms with Crippen LogP contribution in [0.5, 0.6) is 0 Å². The minimum absolute atomic E-state index is 0.282. The first-order chi connectivity index (χ1) is 9.13. The van der Waals surface area contributed by atoms with Crippen LogP contribution in [0.3, 0.4) is 0 Å². The first-order valence-electron chi connectivity index (χ1n) is 7.33. The highest BCUT2D eigenvalue weighted by molar-refractivity contribution is 5.23. The molecule has 1 atom stereocenters. The average Bonchev–Trinajstić information content (AvgIpc) is 2.42. The van der Waals surface area contributed by atoms with Crippen LogP contribution in [-0.2, 0) is 0 Å². The fourth-order valence-corrected chi connectivity index (χ4v) is 3.28. The zero-order valence-corrected chi connectivity index (χ0v) is 11.5. The Labute approximate surface area is 114 Å². The van der Waals surface area contributed by atoms with Crippen LogP contribution in [0.15, 0.2) is 18.2 Å². The van der Waals surface area contributed by atoms with Gasteiger partial charge < -0.3 is 5.73 Å². The van der Waals surface area contributed by atoms with E-state index in [2.05, 4.69) is 6.92 Å². The standard InChI is InChI=1S/C16H23F2N/c1-2-4-11-7-9-12(10-8-11)16(19)13-5-3-6-14(17)15(13)18/h3,5-6,11-12,16H,2,4,7-10,19H2,1H3. The first-order valence-corrected chi connectivity index (χ1v) is 7.33. The van der Waals surface area contributed by atoms with Crippen molar-refractivity contribution in [2.75, 3.05) is 0 Å². The lowest BCUT2D eigenvalue weighted by molar-refractivity contribution is 0.232. The Morgan fingerprint density at radius 2 is 1.89 bits per heavy atom. The molecule has 1 aromatic carbocycles. The second kappa shape index (κ2) is 6.47. The lowest BCUT2D eigenvalue weighted by Crippen LogP contribution is -2.27. The van der Waals surface area contributed by atoms with Gasteiger partial charge in [0.15, 0.2) is 11.6 Å². The first kappa shape index (κ1) is 14.4. The number of halogens is 2. The van der Waals surface area contributed by atoms with Crippen LogP contribution in [-0.4, -0.2) is 0 Å². The summed E-state index contributed by atoms with van der Waals surface area (Å²) >= 11 is 0. The molecule has 1 unspecified atom stereocenters. The molecule has 0 heterocycles. The molecule has 0 saturated heterocycles. The lowest BCUT2D eigenvalue weighted by atomic mass is 9.76. The van der Waals surface area contributed by atoms with E-state index in [0.29, 0.717) is 5.56 Å². The van der Waals surface area contributed by atoms with Crippen molar-refractivity contribution < 1.29 is 8.78 Å². The molecule has 0 bridgehead atoms. The van der Waals surface area contributed by atoms with Gasteiger partial charge in [0.25, 0.3) is 0 Å². The molecule has 3 heteroatoms. The molecule has 2 N–H and O–H groups in total. The molecule has 2 rings (SSSR count). The van der Waals surface area contributed by atoms with Gasteiger partial charge in [-0.25, -0.2) is 8.78 Å². The molecule has 1 fully saturated rings. The number of nitrogens with two attached hydrogens (primary N) is 1. The van der Waals surface area contributed by atoms with Crippen molar-refractivity contribution in [1.82, 2.24) is 0 Å². The quantitative estimate of drug-likeness (QED) is 0.849. The molecular formula is C16H23F2N. The van der Waals surface area contributed by atoms with Gasteiger partial charge in [-0.2, -0.15) is 0 Å². The molecule has 1 aromatic rings. The normalized spacial score (nSPS) is 25.3. The fourth-order valence-electron chi connectivity index (χ4n) is 3.28. The second-order valence-corrected chi connectivity index (χ2v) is 5.74. The van der Waals surface area contributed by atoms with E-state index in [4.69, 9.17) is 5.73 Å². The molecule has 0 amide bonds. The summed E-state index contributed by atoms with van der Waals surface area (Å²) in [4.78, 5) is 0. The number of benzene rings is 1. The highest BCUT2D eigenvalue weighted by Gasteiger charge is 2.28. The molecule has 0 radical (unpaired) electrons. The van der Waals surface area contributed by atoms with Crippen molar-refractivity contribution in [3.8, 4) is 0 Å². The predicted molar refractivity (Wildman–Crippen MR) is 73.6 cm³/mol. The van der Waals surface area contributed by atoms with E-state index in [1.807, 2.05) is 0 Å². The molecule has 0 aliphatic heterocycles. The topological polar surface area (TPSA) is 26.0 Å². The summed E-state index contributed by atoms with van der Waals surface area (Å²) in [6.07, 6.45) is 6.89. The molecule has 19 heavy (non-hydrogen) atoms. The van der Waals surface area contributed by atoms with E-state index in [-0.39, 0.29) is 12.0 Å². The summed E-state index contributed by atoms with van der Waals surface area (Å²) in [7, 11) is 0. The maximum absolute atomic E-state index is 13.7. The van der Waals surface area contributed by atoms with E-state index in [0.717, 1.165) is 24.8 Å². The van der Waals surface area contributed by atoms with E-state index in [1.54, 1.807) is 6.07 Å². The van der Waals surface area contributed by atoms with E-state index in [9.17, 15) is 8.78 Å². The lowest BCUT2D eigenvalue weighted by Gasteiger charge is -2.32. The minimum Gasteiger partial charge on any atom is -0.324 e. The van der Waals surface area contributed by atoms with Crippen LogP contribution in [0.2, 0.25) is 0 Å². The van der Waals surface area contributed by atoms with Crippen LogP contribution < -0.4 is 5.73 Å². The Kier molecular flexibility index (Phi) is 4.92. The summed E-state index contributed by atoms with van der Waals surface area (Å²) < 4.78 is 27.0. The predicted octanol–water partition coefficient (Wildman–Crippen LogP) is 4.57.